The molecule has 0 saturated carbocycles. The largest absolute Gasteiger partial charge is 0.497 e. The molecule has 0 unspecified atom stereocenters. The van der Waals surface area contributed by atoms with Gasteiger partial charge in [-0.05, 0) is 61.5 Å². The van der Waals surface area contributed by atoms with Crippen molar-refractivity contribution in [3.8, 4) is 23.0 Å². The number of benzene rings is 3. The number of aliphatic hydroxyl groups is 1. The molecular formula is C32H38N4O9S. The number of carbonyl (C=O) groups is 2. The second kappa shape index (κ2) is 13.8. The van der Waals surface area contributed by atoms with E-state index in [2.05, 4.69) is 10.6 Å². The number of nitrogens with one attached hydrogen (secondary N) is 2. The Balaban J connectivity index is 1.38. The third-order valence-corrected chi connectivity index (χ3v) is 9.85. The molecule has 3 N–H and O–H groups in total. The number of fused-ring (bicyclic) bond motifs is 2. The molecule has 14 heteroatoms. The van der Waals surface area contributed by atoms with Gasteiger partial charge < -0.3 is 39.6 Å². The maximum Gasteiger partial charge on any atom is 0.323 e. The third-order valence-electron chi connectivity index (χ3n) is 8.01. The van der Waals surface area contributed by atoms with Gasteiger partial charge in [0.1, 0.15) is 17.6 Å². The van der Waals surface area contributed by atoms with E-state index in [9.17, 15) is 23.1 Å². The van der Waals surface area contributed by atoms with E-state index in [1.54, 1.807) is 60.4 Å². The summed E-state index contributed by atoms with van der Waals surface area (Å²) in [6.45, 7) is 3.72. The van der Waals surface area contributed by atoms with Gasteiger partial charge in [-0.2, -0.15) is 4.31 Å². The van der Waals surface area contributed by atoms with E-state index in [0.29, 0.717) is 39.9 Å². The fourth-order valence-electron chi connectivity index (χ4n) is 5.27. The number of sulfonamides is 1. The molecule has 5 rings (SSSR count). The topological polar surface area (TPSA) is 156 Å². The SMILES string of the molecule is COc1ccc(S(=O)(=O)N(C)C[C@H]2Oc3ccc(NC(=O)Nc4ccc5c(c4)OCO5)cc3CC(=O)N([C@H](C)CO)C[C@H]2C)cc1. The minimum absolute atomic E-state index is 0.0115. The van der Waals surface area contributed by atoms with E-state index in [-0.39, 0.29) is 49.6 Å². The number of nitrogens with zero attached hydrogens (tertiary/aromatic N) is 2. The van der Waals surface area contributed by atoms with Crippen molar-refractivity contribution in [2.24, 2.45) is 5.92 Å². The van der Waals surface area contributed by atoms with Crippen molar-refractivity contribution in [1.29, 1.82) is 0 Å². The smallest absolute Gasteiger partial charge is 0.323 e. The number of ether oxygens (including phenoxy) is 4. The molecule has 3 atom stereocenters. The number of hydrogen-bond acceptors (Lipinski definition) is 9. The van der Waals surface area contributed by atoms with E-state index < -0.39 is 28.2 Å². The number of anilines is 2. The molecule has 0 aromatic heterocycles. The number of aliphatic hydroxyl groups excluding tert-OH is 1. The highest BCUT2D eigenvalue weighted by atomic mass is 32.2. The van der Waals surface area contributed by atoms with Gasteiger partial charge in [-0.1, -0.05) is 6.92 Å². The summed E-state index contributed by atoms with van der Waals surface area (Å²) in [7, 11) is -0.897. The van der Waals surface area contributed by atoms with Crippen LogP contribution in [0.1, 0.15) is 19.4 Å². The van der Waals surface area contributed by atoms with E-state index in [1.807, 2.05) is 6.92 Å². The Bertz CT molecular complexity index is 1680. The molecule has 246 valence electrons. The van der Waals surface area contributed by atoms with Crippen LogP contribution in [0.25, 0.3) is 0 Å². The normalized spacial score (nSPS) is 18.5. The first-order valence-electron chi connectivity index (χ1n) is 14.8. The van der Waals surface area contributed by atoms with E-state index >= 15 is 0 Å². The summed E-state index contributed by atoms with van der Waals surface area (Å²) in [5.74, 6) is 1.49. The van der Waals surface area contributed by atoms with E-state index in [0.717, 1.165) is 0 Å². The molecule has 0 radical (unpaired) electrons. The molecule has 0 bridgehead atoms. The average Bonchev–Trinajstić information content (AvgIpc) is 3.52. The molecule has 3 aromatic rings. The molecular weight excluding hydrogens is 616 g/mol. The van der Waals surface area contributed by atoms with Gasteiger partial charge in [0.05, 0.1) is 37.6 Å². The van der Waals surface area contributed by atoms with Crippen LogP contribution in [0.2, 0.25) is 0 Å². The predicted molar refractivity (Wildman–Crippen MR) is 170 cm³/mol. The second-order valence-corrected chi connectivity index (χ2v) is 13.4. The van der Waals surface area contributed by atoms with Gasteiger partial charge >= 0.3 is 6.03 Å². The number of methoxy groups -OCH3 is 1. The summed E-state index contributed by atoms with van der Waals surface area (Å²) in [5, 5.41) is 15.5. The Hall–Kier alpha value is -4.53. The molecule has 2 aliphatic rings. The lowest BCUT2D eigenvalue weighted by atomic mass is 10.0. The maximum atomic E-state index is 13.5. The van der Waals surface area contributed by atoms with Crippen LogP contribution in [0.15, 0.2) is 65.6 Å². The fraction of sp³-hybridized carbons (Fsp3) is 0.375. The van der Waals surface area contributed by atoms with Gasteiger partial charge in [-0.25, -0.2) is 13.2 Å². The molecule has 2 aliphatic heterocycles. The van der Waals surface area contributed by atoms with Gasteiger partial charge in [0, 0.05) is 42.5 Å². The Morgan fingerprint density at radius 2 is 1.70 bits per heavy atom. The molecule has 0 saturated heterocycles. The molecule has 3 aromatic carbocycles. The quantitative estimate of drug-likeness (QED) is 0.314. The third kappa shape index (κ3) is 7.30. The first-order valence-corrected chi connectivity index (χ1v) is 16.2. The van der Waals surface area contributed by atoms with Gasteiger partial charge in [-0.3, -0.25) is 4.79 Å². The van der Waals surface area contributed by atoms with Crippen molar-refractivity contribution < 1.29 is 42.1 Å². The van der Waals surface area contributed by atoms with Gasteiger partial charge in [0.2, 0.25) is 22.7 Å². The first kappa shape index (κ1) is 32.9. The van der Waals surface area contributed by atoms with Crippen LogP contribution in [-0.2, 0) is 21.2 Å². The highest BCUT2D eigenvalue weighted by Gasteiger charge is 2.33. The molecule has 0 aliphatic carbocycles. The van der Waals surface area contributed by atoms with Crippen molar-refractivity contribution in [3.63, 3.8) is 0 Å². The Morgan fingerprint density at radius 3 is 2.37 bits per heavy atom. The zero-order valence-corrected chi connectivity index (χ0v) is 26.9. The maximum absolute atomic E-state index is 13.5. The summed E-state index contributed by atoms with van der Waals surface area (Å²) in [6, 6.07) is 15.1. The van der Waals surface area contributed by atoms with Crippen molar-refractivity contribution in [1.82, 2.24) is 9.21 Å². The lowest BCUT2D eigenvalue weighted by Gasteiger charge is -2.33. The van der Waals surface area contributed by atoms with Crippen LogP contribution < -0.4 is 29.6 Å². The van der Waals surface area contributed by atoms with Crippen LogP contribution in [0.3, 0.4) is 0 Å². The second-order valence-electron chi connectivity index (χ2n) is 11.3. The lowest BCUT2D eigenvalue weighted by Crippen LogP contribution is -2.48. The monoisotopic (exact) mass is 654 g/mol. The summed E-state index contributed by atoms with van der Waals surface area (Å²) < 4.78 is 50.4. The number of amides is 3. The van der Waals surface area contributed by atoms with Gasteiger partial charge in [0.25, 0.3) is 0 Å². The zero-order chi connectivity index (χ0) is 33.0. The first-order chi connectivity index (χ1) is 22.0. The van der Waals surface area contributed by atoms with Crippen molar-refractivity contribution in [3.05, 3.63) is 66.2 Å². The van der Waals surface area contributed by atoms with Gasteiger partial charge in [-0.15, -0.1) is 0 Å². The highest BCUT2D eigenvalue weighted by Crippen LogP contribution is 2.34. The average molecular weight is 655 g/mol. The summed E-state index contributed by atoms with van der Waals surface area (Å²) >= 11 is 0. The standard InChI is InChI=1S/C32H38N4O9S/c1-20-16-36(21(2)18-37)31(38)14-22-13-23(33-32(39)34-24-6-12-28-29(15-24)44-19-43-28)5-11-27(22)45-30(20)17-35(3)46(40,41)26-9-7-25(42-4)8-10-26/h5-13,15,20-21,30,37H,14,16-19H2,1-4H3,(H2,33,34,39)/t20-,21-,30-/m1/s1. The molecule has 46 heavy (non-hydrogen) atoms. The van der Waals surface area contributed by atoms with Gasteiger partial charge in [0.15, 0.2) is 11.5 Å². The number of likely N-dealkylation sites (N-methyl/N-ethyl adjacent to an activating group) is 1. The summed E-state index contributed by atoms with van der Waals surface area (Å²) in [4.78, 5) is 28.1. The van der Waals surface area contributed by atoms with Crippen LogP contribution in [0.4, 0.5) is 16.2 Å². The molecule has 3 amide bonds. The van der Waals surface area contributed by atoms with E-state index in [1.165, 1.54) is 30.6 Å². The summed E-state index contributed by atoms with van der Waals surface area (Å²) in [5.41, 5.74) is 1.42. The van der Waals surface area contributed by atoms with Crippen molar-refractivity contribution in [2.75, 3.05) is 51.3 Å². The Kier molecular flexibility index (Phi) is 9.89. The van der Waals surface area contributed by atoms with Crippen LogP contribution in [-0.4, -0.2) is 87.5 Å². The Labute approximate surface area is 268 Å². The fourth-order valence-corrected chi connectivity index (χ4v) is 6.46. The molecule has 2 heterocycles. The van der Waals surface area contributed by atoms with E-state index in [4.69, 9.17) is 18.9 Å². The molecule has 13 nitrogen and oxygen atoms in total. The van der Waals surface area contributed by atoms with Crippen LogP contribution >= 0.6 is 0 Å². The highest BCUT2D eigenvalue weighted by molar-refractivity contribution is 7.89. The number of urea groups is 1. The number of carbonyl (C=O) groups excluding carboxylic acids is 2. The van der Waals surface area contributed by atoms with Crippen molar-refractivity contribution in [2.45, 2.75) is 37.3 Å². The van der Waals surface area contributed by atoms with Crippen molar-refractivity contribution >= 4 is 33.3 Å². The number of hydrogen-bond donors (Lipinski definition) is 3. The predicted octanol–water partition coefficient (Wildman–Crippen LogP) is 3.54. The summed E-state index contributed by atoms with van der Waals surface area (Å²) in [6.07, 6.45) is -0.720. The zero-order valence-electron chi connectivity index (χ0n) is 26.1. The lowest BCUT2D eigenvalue weighted by molar-refractivity contribution is -0.134. The minimum Gasteiger partial charge on any atom is -0.497 e. The number of rotatable bonds is 9. The minimum atomic E-state index is -3.88. The molecule has 0 spiro atoms. The van der Waals surface area contributed by atoms with Crippen LogP contribution in [0, 0.1) is 5.92 Å². The Morgan fingerprint density at radius 1 is 1.04 bits per heavy atom. The van der Waals surface area contributed by atoms with Crippen LogP contribution in [0.5, 0.6) is 23.0 Å². The molecule has 0 fully saturated rings.